The highest BCUT2D eigenvalue weighted by Gasteiger charge is 2.33. The van der Waals surface area contributed by atoms with Gasteiger partial charge in [0.05, 0.1) is 11.1 Å². The highest BCUT2D eigenvalue weighted by molar-refractivity contribution is 5.87. The van der Waals surface area contributed by atoms with Crippen LogP contribution in [0, 0.1) is 5.92 Å². The summed E-state index contributed by atoms with van der Waals surface area (Å²) in [7, 11) is 0. The van der Waals surface area contributed by atoms with Crippen molar-refractivity contribution in [2.45, 2.75) is 32.0 Å². The topological polar surface area (TPSA) is 101 Å². The summed E-state index contributed by atoms with van der Waals surface area (Å²) < 4.78 is 46.3. The second-order valence-corrected chi connectivity index (χ2v) is 10.3. The second kappa shape index (κ2) is 13.8. The molecule has 1 aromatic heterocycles. The molecule has 0 aliphatic carbocycles. The van der Waals surface area contributed by atoms with Gasteiger partial charge in [-0.15, -0.1) is 5.10 Å². The highest BCUT2D eigenvalue weighted by atomic mass is 19.4. The fourth-order valence-electron chi connectivity index (χ4n) is 4.88. The van der Waals surface area contributed by atoms with Crippen molar-refractivity contribution in [1.82, 2.24) is 20.6 Å². The average Bonchev–Trinajstić information content (AvgIpc) is 3.57. The molecule has 1 atom stereocenters. The lowest BCUT2D eigenvalue weighted by atomic mass is 9.91. The Morgan fingerprint density at radius 1 is 0.909 bits per heavy atom. The number of ether oxygens (including phenoxy) is 1. The number of rotatable bonds is 12. The van der Waals surface area contributed by atoms with Crippen molar-refractivity contribution in [3.05, 3.63) is 137 Å². The Labute approximate surface area is 252 Å². The number of halogens is 3. The number of hydrogen-bond donors (Lipinski definition) is 2. The maximum absolute atomic E-state index is 13.5. The number of tetrazole rings is 1. The summed E-state index contributed by atoms with van der Waals surface area (Å²) in [6.07, 6.45) is 1.78. The fraction of sp³-hybridized carbons (Fsp3) is 0.176. The maximum atomic E-state index is 13.5. The standard InChI is InChI=1S/C34H29F3N4O3/c35-34(36,37)30-7-3-1-6-29(30)22-44-31-8-4-2-5-26(31)16-13-24(21-25-14-19-28(20-15-25)33(42)43)10-9-23-11-17-27(18-12-23)32-38-40-41-39-32/h1-8,11-20,24H,9-10,21-22H2,(H,42,43)(H,38,39,40,41). The van der Waals surface area contributed by atoms with E-state index in [0.717, 1.165) is 41.2 Å². The van der Waals surface area contributed by atoms with Crippen LogP contribution in [0.15, 0.2) is 103 Å². The third kappa shape index (κ3) is 7.97. The zero-order chi connectivity index (χ0) is 30.9. The number of carboxylic acids is 1. The number of aromatic nitrogens is 4. The first kappa shape index (κ1) is 30.2. The van der Waals surface area contributed by atoms with Crippen molar-refractivity contribution < 1.29 is 27.8 Å². The minimum atomic E-state index is -4.47. The number of para-hydroxylation sites is 1. The second-order valence-electron chi connectivity index (χ2n) is 10.3. The van der Waals surface area contributed by atoms with Crippen molar-refractivity contribution in [3.63, 3.8) is 0 Å². The Kier molecular flexibility index (Phi) is 9.49. The SMILES string of the molecule is O=C(O)c1ccc(CC(C=Cc2ccccc2OCc2ccccc2C(F)(F)F)CCc2ccc(-c3nnn[nH]3)cc2)cc1. The molecule has 0 spiro atoms. The Balaban J connectivity index is 1.33. The third-order valence-electron chi connectivity index (χ3n) is 7.25. The van der Waals surface area contributed by atoms with Crippen LogP contribution in [0.1, 0.15) is 44.6 Å². The zero-order valence-corrected chi connectivity index (χ0v) is 23.5. The molecule has 10 heteroatoms. The van der Waals surface area contributed by atoms with Crippen LogP contribution in [0.4, 0.5) is 13.2 Å². The minimum absolute atomic E-state index is 0.0621. The van der Waals surface area contributed by atoms with Gasteiger partial charge in [0, 0.05) is 16.7 Å². The van der Waals surface area contributed by atoms with Crippen LogP contribution in [0.5, 0.6) is 5.75 Å². The molecule has 0 saturated heterocycles. The van der Waals surface area contributed by atoms with E-state index < -0.39 is 17.7 Å². The number of carbonyl (C=O) groups is 1. The molecule has 0 radical (unpaired) electrons. The van der Waals surface area contributed by atoms with Gasteiger partial charge in [-0.2, -0.15) is 13.2 Å². The van der Waals surface area contributed by atoms with E-state index in [2.05, 4.69) is 26.7 Å². The number of aromatic amines is 1. The summed E-state index contributed by atoms with van der Waals surface area (Å²) in [5.74, 6) is 0.155. The number of nitrogens with one attached hydrogen (secondary N) is 1. The summed E-state index contributed by atoms with van der Waals surface area (Å²) >= 11 is 0. The van der Waals surface area contributed by atoms with Gasteiger partial charge in [0.15, 0.2) is 5.82 Å². The van der Waals surface area contributed by atoms with Gasteiger partial charge in [-0.1, -0.05) is 84.9 Å². The Bertz CT molecular complexity index is 1700. The molecule has 0 aliphatic rings. The molecule has 1 heterocycles. The summed E-state index contributed by atoms with van der Waals surface area (Å²) in [5.41, 5.74) is 3.32. The number of aromatic carboxylic acids is 1. The number of H-pyrrole nitrogens is 1. The molecule has 7 nitrogen and oxygen atoms in total. The molecule has 2 N–H and O–H groups in total. The molecule has 44 heavy (non-hydrogen) atoms. The molecular weight excluding hydrogens is 569 g/mol. The Hall–Kier alpha value is -5.25. The van der Waals surface area contributed by atoms with Crippen LogP contribution in [0.25, 0.3) is 17.5 Å². The largest absolute Gasteiger partial charge is 0.488 e. The van der Waals surface area contributed by atoms with Crippen molar-refractivity contribution in [3.8, 4) is 17.1 Å². The first-order chi connectivity index (χ1) is 21.3. The van der Waals surface area contributed by atoms with E-state index in [1.54, 1.807) is 30.3 Å². The highest BCUT2D eigenvalue weighted by Crippen LogP contribution is 2.33. The lowest BCUT2D eigenvalue weighted by Crippen LogP contribution is -2.10. The summed E-state index contributed by atoms with van der Waals surface area (Å²) in [4.78, 5) is 11.3. The number of hydrogen-bond acceptors (Lipinski definition) is 5. The van der Waals surface area contributed by atoms with Crippen LogP contribution >= 0.6 is 0 Å². The van der Waals surface area contributed by atoms with Gasteiger partial charge >= 0.3 is 12.1 Å². The number of allylic oxidation sites excluding steroid dienone is 1. The molecule has 4 aromatic carbocycles. The lowest BCUT2D eigenvalue weighted by molar-refractivity contribution is -0.138. The first-order valence-electron chi connectivity index (χ1n) is 14.0. The summed E-state index contributed by atoms with van der Waals surface area (Å²) in [6, 6.07) is 27.4. The van der Waals surface area contributed by atoms with Gasteiger partial charge in [0.25, 0.3) is 0 Å². The Morgan fingerprint density at radius 3 is 2.32 bits per heavy atom. The summed E-state index contributed by atoms with van der Waals surface area (Å²) in [6.45, 7) is -0.222. The van der Waals surface area contributed by atoms with E-state index in [1.165, 1.54) is 12.1 Å². The predicted molar refractivity (Wildman–Crippen MR) is 160 cm³/mol. The van der Waals surface area contributed by atoms with E-state index in [0.29, 0.717) is 18.0 Å². The van der Waals surface area contributed by atoms with Crippen LogP contribution in [-0.4, -0.2) is 31.7 Å². The van der Waals surface area contributed by atoms with Gasteiger partial charge in [-0.05, 0) is 71.0 Å². The van der Waals surface area contributed by atoms with E-state index >= 15 is 0 Å². The van der Waals surface area contributed by atoms with E-state index in [-0.39, 0.29) is 23.7 Å². The quantitative estimate of drug-likeness (QED) is 0.153. The number of benzene rings is 4. The molecule has 0 amide bonds. The smallest absolute Gasteiger partial charge is 0.416 e. The van der Waals surface area contributed by atoms with Crippen LogP contribution < -0.4 is 4.74 Å². The molecule has 0 fully saturated rings. The maximum Gasteiger partial charge on any atom is 0.416 e. The van der Waals surface area contributed by atoms with E-state index in [4.69, 9.17) is 4.74 Å². The zero-order valence-electron chi connectivity index (χ0n) is 23.5. The van der Waals surface area contributed by atoms with Gasteiger partial charge in [0.2, 0.25) is 0 Å². The van der Waals surface area contributed by atoms with Crippen LogP contribution in [-0.2, 0) is 25.6 Å². The van der Waals surface area contributed by atoms with Crippen LogP contribution in [0.2, 0.25) is 0 Å². The molecule has 224 valence electrons. The van der Waals surface area contributed by atoms with Crippen molar-refractivity contribution in [2.24, 2.45) is 5.92 Å². The van der Waals surface area contributed by atoms with Gasteiger partial charge < -0.3 is 9.84 Å². The minimum Gasteiger partial charge on any atom is -0.488 e. The molecular formula is C34H29F3N4O3. The molecule has 5 rings (SSSR count). The number of nitrogens with zero attached hydrogens (tertiary/aromatic N) is 3. The monoisotopic (exact) mass is 598 g/mol. The van der Waals surface area contributed by atoms with Crippen molar-refractivity contribution in [1.29, 1.82) is 0 Å². The van der Waals surface area contributed by atoms with E-state index in [1.807, 2.05) is 54.6 Å². The predicted octanol–water partition coefficient (Wildman–Crippen LogP) is 7.67. The van der Waals surface area contributed by atoms with Crippen LogP contribution in [0.3, 0.4) is 0 Å². The normalized spacial score (nSPS) is 12.3. The molecule has 0 saturated carbocycles. The fourth-order valence-corrected chi connectivity index (χ4v) is 4.88. The number of alkyl halides is 3. The molecule has 0 bridgehead atoms. The lowest BCUT2D eigenvalue weighted by Gasteiger charge is -2.16. The molecule has 1 unspecified atom stereocenters. The van der Waals surface area contributed by atoms with Gasteiger partial charge in [-0.3, -0.25) is 0 Å². The van der Waals surface area contributed by atoms with Crippen molar-refractivity contribution in [2.75, 3.05) is 0 Å². The third-order valence-corrected chi connectivity index (χ3v) is 7.25. The summed E-state index contributed by atoms with van der Waals surface area (Å²) in [5, 5.41) is 23.2. The number of aryl methyl sites for hydroxylation is 1. The first-order valence-corrected chi connectivity index (χ1v) is 14.0. The van der Waals surface area contributed by atoms with Gasteiger partial charge in [0.1, 0.15) is 12.4 Å². The van der Waals surface area contributed by atoms with Crippen molar-refractivity contribution >= 4 is 12.0 Å². The molecule has 5 aromatic rings. The average molecular weight is 599 g/mol. The molecule has 0 aliphatic heterocycles. The van der Waals surface area contributed by atoms with Gasteiger partial charge in [-0.25, -0.2) is 9.89 Å². The van der Waals surface area contributed by atoms with E-state index in [9.17, 15) is 23.1 Å². The number of carboxylic acid groups (broad SMARTS) is 1. The Morgan fingerprint density at radius 2 is 1.61 bits per heavy atom.